The maximum Gasteiger partial charge on any atom is 0.196 e. The number of Topliss-reactive ketones (excluding diaryl/α,β-unsaturated/α-hetero) is 6. The molecule has 1 atom stereocenters. The van der Waals surface area contributed by atoms with Gasteiger partial charge in [-0.2, -0.15) is 0 Å². The molecule has 0 spiro atoms. The van der Waals surface area contributed by atoms with Crippen LogP contribution in [0.1, 0.15) is 58.8 Å². The van der Waals surface area contributed by atoms with Crippen molar-refractivity contribution in [1.29, 1.82) is 0 Å². The van der Waals surface area contributed by atoms with Crippen molar-refractivity contribution in [2.24, 2.45) is 0 Å². The van der Waals surface area contributed by atoms with Crippen LogP contribution >= 0.6 is 11.8 Å². The van der Waals surface area contributed by atoms with Crippen molar-refractivity contribution in [1.82, 2.24) is 0 Å². The Hall–Kier alpha value is -2.00. The lowest BCUT2D eigenvalue weighted by Crippen LogP contribution is -2.22. The summed E-state index contributed by atoms with van der Waals surface area (Å²) in [6.45, 7) is 2.97. The molecule has 8 nitrogen and oxygen atoms in total. The van der Waals surface area contributed by atoms with Gasteiger partial charge in [0, 0.05) is 12.8 Å². The highest BCUT2D eigenvalue weighted by Gasteiger charge is 2.21. The minimum atomic E-state index is -1.35. The van der Waals surface area contributed by atoms with Gasteiger partial charge in [0.1, 0.15) is 34.7 Å². The predicted molar refractivity (Wildman–Crippen MR) is 97.2 cm³/mol. The summed E-state index contributed by atoms with van der Waals surface area (Å²) in [5.74, 6) is -2.88. The van der Waals surface area contributed by atoms with Crippen molar-refractivity contribution in [3.63, 3.8) is 0 Å². The highest BCUT2D eigenvalue weighted by atomic mass is 32.2. The molecular weight excluding hydrogens is 376 g/mol. The quantitative estimate of drug-likeness (QED) is 0.395. The van der Waals surface area contributed by atoms with E-state index in [9.17, 15) is 38.7 Å². The van der Waals surface area contributed by atoms with Crippen molar-refractivity contribution in [2.75, 3.05) is 5.75 Å². The summed E-state index contributed by atoms with van der Waals surface area (Å²) in [7, 11) is 0. The maximum atomic E-state index is 11.7. The van der Waals surface area contributed by atoms with E-state index in [1.807, 2.05) is 0 Å². The van der Waals surface area contributed by atoms with Crippen LogP contribution < -0.4 is 0 Å². The number of carbonyl (C=O) groups is 7. The molecule has 0 radical (unpaired) electrons. The van der Waals surface area contributed by atoms with Crippen molar-refractivity contribution < 1.29 is 38.7 Å². The van der Waals surface area contributed by atoms with Gasteiger partial charge in [-0.05, 0) is 12.7 Å². The van der Waals surface area contributed by atoms with Crippen LogP contribution in [0.25, 0.3) is 0 Å². The van der Waals surface area contributed by atoms with Crippen LogP contribution in [0.3, 0.4) is 0 Å². The van der Waals surface area contributed by atoms with Crippen molar-refractivity contribution in [2.45, 2.75) is 64.9 Å². The Kier molecular flexibility index (Phi) is 12.2. The molecule has 27 heavy (non-hydrogen) atoms. The maximum absolute atomic E-state index is 11.7. The summed E-state index contributed by atoms with van der Waals surface area (Å²) in [5, 5.41) is 9.37. The minimum absolute atomic E-state index is 0.338. The molecule has 0 aromatic heterocycles. The Bertz CT molecular complexity index is 623. The van der Waals surface area contributed by atoms with E-state index in [0.717, 1.165) is 11.8 Å². The Morgan fingerprint density at radius 3 is 1.56 bits per heavy atom. The van der Waals surface area contributed by atoms with E-state index in [4.69, 9.17) is 0 Å². The monoisotopic (exact) mass is 400 g/mol. The SMILES string of the molecule is CCSC(=O)CC(=O)CC(=O)CC(=O)C[C@@H](O)CC(=O)CC(=O)CC(C)=O. The highest BCUT2D eigenvalue weighted by molar-refractivity contribution is 8.13. The number of aliphatic hydroxyl groups is 1. The molecule has 0 amide bonds. The molecule has 0 aromatic rings. The number of aliphatic hydroxyl groups excluding tert-OH is 1. The lowest BCUT2D eigenvalue weighted by Gasteiger charge is -2.08. The lowest BCUT2D eigenvalue weighted by atomic mass is 9.99. The summed E-state index contributed by atoms with van der Waals surface area (Å²) in [5.41, 5.74) is 0. The minimum Gasteiger partial charge on any atom is -0.392 e. The molecule has 0 unspecified atom stereocenters. The van der Waals surface area contributed by atoms with E-state index in [2.05, 4.69) is 0 Å². The van der Waals surface area contributed by atoms with Crippen LogP contribution in [0, 0.1) is 0 Å². The third kappa shape index (κ3) is 13.8. The van der Waals surface area contributed by atoms with Gasteiger partial charge in [0.2, 0.25) is 0 Å². The average Bonchev–Trinajstić information content (AvgIpc) is 2.44. The number of ketones is 6. The molecule has 0 aliphatic carbocycles. The van der Waals surface area contributed by atoms with Crippen LogP contribution in [-0.2, 0) is 33.6 Å². The first-order valence-electron chi connectivity index (χ1n) is 8.45. The van der Waals surface area contributed by atoms with Gasteiger partial charge in [0.25, 0.3) is 0 Å². The molecule has 0 saturated heterocycles. The molecule has 9 heteroatoms. The van der Waals surface area contributed by atoms with Crippen LogP contribution in [0.15, 0.2) is 0 Å². The second-order valence-electron chi connectivity index (χ2n) is 6.15. The largest absolute Gasteiger partial charge is 0.392 e. The smallest absolute Gasteiger partial charge is 0.196 e. The van der Waals surface area contributed by atoms with E-state index in [-0.39, 0.29) is 23.7 Å². The fourth-order valence-electron chi connectivity index (χ4n) is 2.24. The highest BCUT2D eigenvalue weighted by Crippen LogP contribution is 2.09. The van der Waals surface area contributed by atoms with Crippen molar-refractivity contribution in [3.05, 3.63) is 0 Å². The second-order valence-corrected chi connectivity index (χ2v) is 7.47. The fourth-order valence-corrected chi connectivity index (χ4v) is 2.83. The summed E-state index contributed by atoms with van der Waals surface area (Å²) >= 11 is 0.976. The van der Waals surface area contributed by atoms with E-state index in [0.29, 0.717) is 5.75 Å². The predicted octanol–water partition coefficient (Wildman–Crippen LogP) is 0.792. The van der Waals surface area contributed by atoms with Gasteiger partial charge in [0.05, 0.1) is 38.2 Å². The first kappa shape index (κ1) is 25.0. The zero-order valence-corrected chi connectivity index (χ0v) is 16.3. The van der Waals surface area contributed by atoms with E-state index in [1.54, 1.807) is 6.92 Å². The van der Waals surface area contributed by atoms with Crippen molar-refractivity contribution in [3.8, 4) is 0 Å². The van der Waals surface area contributed by atoms with Gasteiger partial charge < -0.3 is 5.11 Å². The van der Waals surface area contributed by atoms with Gasteiger partial charge >= 0.3 is 0 Å². The topological polar surface area (TPSA) is 140 Å². The summed E-state index contributed by atoms with van der Waals surface area (Å²) < 4.78 is 0. The number of thioether (sulfide) groups is 1. The zero-order chi connectivity index (χ0) is 21.0. The third-order valence-electron chi connectivity index (χ3n) is 3.20. The lowest BCUT2D eigenvalue weighted by molar-refractivity contribution is -0.132. The summed E-state index contributed by atoms with van der Waals surface area (Å²) in [6, 6.07) is 0. The van der Waals surface area contributed by atoms with Gasteiger partial charge in [-0.1, -0.05) is 18.7 Å². The van der Waals surface area contributed by atoms with Gasteiger partial charge in [-0.3, -0.25) is 33.6 Å². The molecule has 0 aliphatic heterocycles. The number of rotatable bonds is 15. The molecule has 0 saturated carbocycles. The first-order valence-corrected chi connectivity index (χ1v) is 9.43. The molecular formula is C18H24O8S. The van der Waals surface area contributed by atoms with E-state index in [1.165, 1.54) is 6.92 Å². The molecule has 0 fully saturated rings. The van der Waals surface area contributed by atoms with E-state index >= 15 is 0 Å². The van der Waals surface area contributed by atoms with E-state index < -0.39 is 67.1 Å². The first-order chi connectivity index (χ1) is 12.5. The van der Waals surface area contributed by atoms with Crippen LogP contribution in [0.2, 0.25) is 0 Å². The molecule has 0 bridgehead atoms. The molecule has 0 rings (SSSR count). The average molecular weight is 400 g/mol. The second kappa shape index (κ2) is 13.2. The third-order valence-corrected chi connectivity index (χ3v) is 3.96. The van der Waals surface area contributed by atoms with Crippen LogP contribution in [0.5, 0.6) is 0 Å². The molecule has 0 aromatic carbocycles. The Labute approximate surface area is 161 Å². The van der Waals surface area contributed by atoms with Gasteiger partial charge in [-0.15, -0.1) is 0 Å². The van der Waals surface area contributed by atoms with Gasteiger partial charge in [0.15, 0.2) is 5.12 Å². The molecule has 150 valence electrons. The Morgan fingerprint density at radius 1 is 0.704 bits per heavy atom. The number of hydrogen-bond donors (Lipinski definition) is 1. The zero-order valence-electron chi connectivity index (χ0n) is 15.4. The summed E-state index contributed by atoms with van der Waals surface area (Å²) in [4.78, 5) is 80.0. The number of carbonyl (C=O) groups excluding carboxylic acids is 7. The Morgan fingerprint density at radius 2 is 1.11 bits per heavy atom. The normalized spacial score (nSPS) is 11.5. The van der Waals surface area contributed by atoms with Crippen molar-refractivity contribution >= 4 is 51.6 Å². The molecule has 1 N–H and O–H groups in total. The molecule has 0 aliphatic rings. The fraction of sp³-hybridized carbons (Fsp3) is 0.611. The number of hydrogen-bond acceptors (Lipinski definition) is 9. The van der Waals surface area contributed by atoms with Crippen LogP contribution in [-0.4, -0.2) is 56.8 Å². The van der Waals surface area contributed by atoms with Crippen LogP contribution in [0.4, 0.5) is 0 Å². The van der Waals surface area contributed by atoms with Gasteiger partial charge in [-0.25, -0.2) is 0 Å². The summed E-state index contributed by atoms with van der Waals surface area (Å²) in [6.07, 6.45) is -4.58. The standard InChI is InChI=1S/C18H24O8S/c1-3-27-18(26)10-17(25)9-16(24)8-15(23)7-14(22)6-13(21)5-12(20)4-11(2)19/h14,22H,3-10H2,1-2H3/t14-/m0/s1. The molecule has 0 heterocycles. The Balaban J connectivity index is 4.21.